The molecule has 1 atom stereocenters. The van der Waals surface area contributed by atoms with Crippen molar-refractivity contribution in [3.8, 4) is 0 Å². The van der Waals surface area contributed by atoms with Crippen LogP contribution in [0.1, 0.15) is 22.0 Å². The molecule has 154 valence electrons. The molecule has 0 saturated heterocycles. The van der Waals surface area contributed by atoms with Crippen LogP contribution < -0.4 is 0 Å². The van der Waals surface area contributed by atoms with E-state index < -0.39 is 47.3 Å². The number of alkyl halides is 6. The summed E-state index contributed by atoms with van der Waals surface area (Å²) in [7, 11) is 0. The number of Topliss-reactive ketones (excluding diaryl/α,β-unsaturated/α-hetero) is 1. The van der Waals surface area contributed by atoms with E-state index in [0.29, 0.717) is 0 Å². The molecule has 0 radical (unpaired) electrons. The summed E-state index contributed by atoms with van der Waals surface area (Å²) in [5, 5.41) is 8.81. The van der Waals surface area contributed by atoms with Crippen LogP contribution in [-0.2, 0) is 0 Å². The molecular formula is C14H6F8I2N2O2. The Kier molecular flexibility index (Phi) is 8.48. The molecule has 0 aliphatic rings. The zero-order valence-corrected chi connectivity index (χ0v) is 17.2. The molecule has 4 nitrogen and oxygen atoms in total. The van der Waals surface area contributed by atoms with Gasteiger partial charge in [-0.1, -0.05) is 0 Å². The van der Waals surface area contributed by atoms with Crippen molar-refractivity contribution < 1.29 is 45.0 Å². The number of aromatic nitrogens is 2. The van der Waals surface area contributed by atoms with Gasteiger partial charge in [-0.2, -0.15) is 35.1 Å². The Hall–Kier alpha value is -1.17. The lowest BCUT2D eigenvalue weighted by molar-refractivity contribution is -0.208. The number of rotatable bonds is 2. The fraction of sp³-hybridized carbons (Fsp3) is 0.214. The van der Waals surface area contributed by atoms with Gasteiger partial charge in [0.15, 0.2) is 6.10 Å². The fourth-order valence-corrected chi connectivity index (χ4v) is 2.90. The summed E-state index contributed by atoms with van der Waals surface area (Å²) in [4.78, 5) is 16.7. The molecule has 0 aliphatic heterocycles. The van der Waals surface area contributed by atoms with Crippen molar-refractivity contribution in [3.05, 3.63) is 54.7 Å². The van der Waals surface area contributed by atoms with E-state index in [1.807, 2.05) is 0 Å². The van der Waals surface area contributed by atoms with E-state index in [2.05, 4.69) is 9.97 Å². The number of aliphatic hydroxyl groups is 1. The SMILES string of the molecule is O=C(c1c(I)ccnc1F)C(F)(F)F.OC(c1c(I)ccnc1F)C(F)(F)F. The summed E-state index contributed by atoms with van der Waals surface area (Å²) in [6.07, 6.45) is -10.8. The van der Waals surface area contributed by atoms with Gasteiger partial charge in [0.25, 0.3) is 5.78 Å². The van der Waals surface area contributed by atoms with Gasteiger partial charge in [0.2, 0.25) is 11.9 Å². The molecule has 0 spiro atoms. The molecule has 2 heterocycles. The quantitative estimate of drug-likeness (QED) is 0.218. The fourth-order valence-electron chi connectivity index (χ4n) is 1.59. The predicted molar refractivity (Wildman–Crippen MR) is 95.2 cm³/mol. The minimum atomic E-state index is -5.08. The number of carbonyl (C=O) groups is 1. The molecule has 1 unspecified atom stereocenters. The van der Waals surface area contributed by atoms with E-state index >= 15 is 0 Å². The maximum Gasteiger partial charge on any atom is 0.455 e. The standard InChI is InChI=1S/C7H4F4INO.C7H2F4INO/c2*8-6-4(3(12)1-2-13-6)5(14)7(9,10)11/h1-2,5,14H;1-2H. The van der Waals surface area contributed by atoms with E-state index in [1.165, 1.54) is 51.2 Å². The van der Waals surface area contributed by atoms with Gasteiger partial charge in [-0.3, -0.25) is 4.79 Å². The number of carbonyl (C=O) groups excluding carboxylic acids is 1. The van der Waals surface area contributed by atoms with Crippen molar-refractivity contribution in [3.63, 3.8) is 0 Å². The van der Waals surface area contributed by atoms with Crippen molar-refractivity contribution in [2.45, 2.75) is 18.5 Å². The number of halogens is 10. The molecule has 0 fully saturated rings. The van der Waals surface area contributed by atoms with Crippen LogP contribution in [-0.4, -0.2) is 33.2 Å². The molecule has 0 aliphatic carbocycles. The van der Waals surface area contributed by atoms with Crippen LogP contribution in [0.2, 0.25) is 0 Å². The van der Waals surface area contributed by atoms with Crippen LogP contribution in [0.3, 0.4) is 0 Å². The van der Waals surface area contributed by atoms with E-state index in [-0.39, 0.29) is 7.14 Å². The Labute approximate surface area is 178 Å². The highest BCUT2D eigenvalue weighted by Crippen LogP contribution is 2.35. The summed E-state index contributed by atoms with van der Waals surface area (Å²) in [6.45, 7) is 0. The molecule has 1 N–H and O–H groups in total. The third-order valence-electron chi connectivity index (χ3n) is 2.81. The molecule has 2 rings (SSSR count). The van der Waals surface area contributed by atoms with Gasteiger partial charge in [-0.25, -0.2) is 9.97 Å². The minimum absolute atomic E-state index is 0.0140. The second kappa shape index (κ2) is 9.55. The van der Waals surface area contributed by atoms with Gasteiger partial charge in [0.1, 0.15) is 0 Å². The van der Waals surface area contributed by atoms with E-state index in [9.17, 15) is 39.9 Å². The summed E-state index contributed by atoms with van der Waals surface area (Å²) in [5.41, 5.74) is -1.86. The Bertz CT molecular complexity index is 818. The second-order valence-corrected chi connectivity index (χ2v) is 7.05. The van der Waals surface area contributed by atoms with Crippen LogP contribution in [0, 0.1) is 19.0 Å². The number of pyridine rings is 2. The zero-order valence-electron chi connectivity index (χ0n) is 12.9. The lowest BCUT2D eigenvalue weighted by Gasteiger charge is -2.15. The average Bonchev–Trinajstić information content (AvgIpc) is 2.53. The summed E-state index contributed by atoms with van der Waals surface area (Å²) >= 11 is 2.94. The Morgan fingerprint density at radius 2 is 1.39 bits per heavy atom. The topological polar surface area (TPSA) is 63.1 Å². The molecule has 0 saturated carbocycles. The van der Waals surface area contributed by atoms with Crippen LogP contribution in [0.5, 0.6) is 0 Å². The van der Waals surface area contributed by atoms with E-state index in [1.54, 1.807) is 0 Å². The summed E-state index contributed by atoms with van der Waals surface area (Å²) in [5.74, 6) is -4.92. The van der Waals surface area contributed by atoms with Crippen molar-refractivity contribution in [1.29, 1.82) is 0 Å². The van der Waals surface area contributed by atoms with Gasteiger partial charge < -0.3 is 5.11 Å². The Balaban J connectivity index is 0.000000280. The van der Waals surface area contributed by atoms with Crippen molar-refractivity contribution in [2.24, 2.45) is 0 Å². The molecule has 0 aromatic carbocycles. The molecule has 2 aromatic heterocycles. The van der Waals surface area contributed by atoms with Gasteiger partial charge in [0, 0.05) is 19.5 Å². The first-order valence-corrected chi connectivity index (χ1v) is 8.79. The van der Waals surface area contributed by atoms with Crippen LogP contribution in [0.25, 0.3) is 0 Å². The maximum atomic E-state index is 12.9. The first-order valence-electron chi connectivity index (χ1n) is 6.64. The van der Waals surface area contributed by atoms with E-state index in [0.717, 1.165) is 18.5 Å². The Morgan fingerprint density at radius 1 is 0.929 bits per heavy atom. The monoisotopic (exact) mass is 640 g/mol. The summed E-state index contributed by atoms with van der Waals surface area (Å²) in [6, 6.07) is 2.32. The number of aliphatic hydroxyl groups excluding tert-OH is 1. The highest BCUT2D eigenvalue weighted by atomic mass is 127. The van der Waals surface area contributed by atoms with Gasteiger partial charge in [-0.05, 0) is 57.3 Å². The second-order valence-electron chi connectivity index (χ2n) is 4.73. The van der Waals surface area contributed by atoms with Crippen LogP contribution >= 0.6 is 45.2 Å². The molecule has 0 bridgehead atoms. The summed E-state index contributed by atoms with van der Waals surface area (Å²) < 4.78 is 97.5. The van der Waals surface area contributed by atoms with Crippen molar-refractivity contribution >= 4 is 51.0 Å². The number of hydrogen-bond donors (Lipinski definition) is 1. The lowest BCUT2D eigenvalue weighted by Crippen LogP contribution is -2.25. The molecular weight excluding hydrogens is 634 g/mol. The van der Waals surface area contributed by atoms with E-state index in [4.69, 9.17) is 5.11 Å². The minimum Gasteiger partial charge on any atom is -0.379 e. The van der Waals surface area contributed by atoms with Crippen LogP contribution in [0.4, 0.5) is 35.1 Å². The zero-order chi connectivity index (χ0) is 21.9. The van der Waals surface area contributed by atoms with Gasteiger partial charge in [0.05, 0.1) is 11.1 Å². The van der Waals surface area contributed by atoms with Crippen LogP contribution in [0.15, 0.2) is 24.5 Å². The first kappa shape index (κ1) is 24.9. The number of ketones is 1. The first-order chi connectivity index (χ1) is 12.7. The highest BCUT2D eigenvalue weighted by Gasteiger charge is 2.43. The molecule has 14 heteroatoms. The van der Waals surface area contributed by atoms with Crippen molar-refractivity contribution in [2.75, 3.05) is 0 Å². The average molecular weight is 640 g/mol. The van der Waals surface area contributed by atoms with Crippen molar-refractivity contribution in [1.82, 2.24) is 9.97 Å². The molecule has 0 amide bonds. The third kappa shape index (κ3) is 6.43. The molecule has 2 aromatic rings. The number of hydrogen-bond acceptors (Lipinski definition) is 4. The third-order valence-corrected chi connectivity index (χ3v) is 4.65. The predicted octanol–water partition coefficient (Wildman–Crippen LogP) is 4.99. The number of nitrogens with zero attached hydrogens (tertiary/aromatic N) is 2. The molecule has 28 heavy (non-hydrogen) atoms. The largest absolute Gasteiger partial charge is 0.455 e. The Morgan fingerprint density at radius 3 is 1.79 bits per heavy atom. The van der Waals surface area contributed by atoms with Gasteiger partial charge >= 0.3 is 12.4 Å². The van der Waals surface area contributed by atoms with Gasteiger partial charge in [-0.15, -0.1) is 0 Å². The normalized spacial score (nSPS) is 12.8. The highest BCUT2D eigenvalue weighted by molar-refractivity contribution is 14.1. The smallest absolute Gasteiger partial charge is 0.379 e. The maximum absolute atomic E-state index is 12.9. The lowest BCUT2D eigenvalue weighted by atomic mass is 10.1.